The van der Waals surface area contributed by atoms with Gasteiger partial charge in [-0.1, -0.05) is 18.9 Å². The van der Waals surface area contributed by atoms with Crippen LogP contribution in [0.5, 0.6) is 0 Å². The average molecular weight is 368 g/mol. The van der Waals surface area contributed by atoms with E-state index < -0.39 is 22.1 Å². The first-order chi connectivity index (χ1) is 11.7. The Balaban J connectivity index is 2.04. The molecule has 1 N–H and O–H groups in total. The molecule has 1 aliphatic rings. The van der Waals surface area contributed by atoms with Crippen molar-refractivity contribution in [2.75, 3.05) is 14.1 Å². The Morgan fingerprint density at radius 2 is 1.88 bits per heavy atom. The van der Waals surface area contributed by atoms with E-state index in [4.69, 9.17) is 4.74 Å². The van der Waals surface area contributed by atoms with Crippen molar-refractivity contribution in [2.24, 2.45) is 0 Å². The second-order valence-electron chi connectivity index (χ2n) is 6.35. The summed E-state index contributed by atoms with van der Waals surface area (Å²) in [5, 5.41) is 2.87. The van der Waals surface area contributed by atoms with Crippen LogP contribution in [0.25, 0.3) is 0 Å². The lowest BCUT2D eigenvalue weighted by Crippen LogP contribution is -2.40. The summed E-state index contributed by atoms with van der Waals surface area (Å²) >= 11 is 0. The lowest BCUT2D eigenvalue weighted by Gasteiger charge is -2.17. The minimum absolute atomic E-state index is 0.00462. The van der Waals surface area contributed by atoms with Gasteiger partial charge in [0.25, 0.3) is 5.91 Å². The molecule has 7 nitrogen and oxygen atoms in total. The first kappa shape index (κ1) is 19.4. The van der Waals surface area contributed by atoms with Gasteiger partial charge in [0.05, 0.1) is 10.5 Å². The largest absolute Gasteiger partial charge is 0.449 e. The fourth-order valence-corrected chi connectivity index (χ4v) is 3.61. The monoisotopic (exact) mass is 368 g/mol. The van der Waals surface area contributed by atoms with Gasteiger partial charge in [0.2, 0.25) is 10.0 Å². The van der Waals surface area contributed by atoms with Crippen LogP contribution in [-0.4, -0.2) is 50.8 Å². The number of benzene rings is 1. The van der Waals surface area contributed by atoms with E-state index in [2.05, 4.69) is 5.32 Å². The quantitative estimate of drug-likeness (QED) is 0.769. The maximum absolute atomic E-state index is 12.2. The highest BCUT2D eigenvalue weighted by molar-refractivity contribution is 7.89. The predicted molar refractivity (Wildman–Crippen MR) is 92.6 cm³/mol. The van der Waals surface area contributed by atoms with Gasteiger partial charge < -0.3 is 10.1 Å². The van der Waals surface area contributed by atoms with Gasteiger partial charge >= 0.3 is 5.97 Å². The van der Waals surface area contributed by atoms with E-state index in [-0.39, 0.29) is 22.4 Å². The molecule has 138 valence electrons. The lowest BCUT2D eigenvalue weighted by atomic mass is 10.2. The number of hydrogen-bond donors (Lipinski definition) is 1. The Labute approximate surface area is 148 Å². The SMILES string of the molecule is CC(OC(=O)c1cccc(S(=O)(=O)N(C)C)c1)C(=O)NC1CCCC1. The van der Waals surface area contributed by atoms with Crippen LogP contribution in [0.4, 0.5) is 0 Å². The van der Waals surface area contributed by atoms with Crippen molar-refractivity contribution in [3.05, 3.63) is 29.8 Å². The number of hydrogen-bond acceptors (Lipinski definition) is 5. The van der Waals surface area contributed by atoms with E-state index in [1.165, 1.54) is 45.3 Å². The van der Waals surface area contributed by atoms with Gasteiger partial charge in [0.15, 0.2) is 6.10 Å². The fraction of sp³-hybridized carbons (Fsp3) is 0.529. The minimum Gasteiger partial charge on any atom is -0.449 e. The van der Waals surface area contributed by atoms with Gasteiger partial charge in [0, 0.05) is 20.1 Å². The van der Waals surface area contributed by atoms with Crippen LogP contribution in [0.2, 0.25) is 0 Å². The van der Waals surface area contributed by atoms with Gasteiger partial charge in [-0.05, 0) is 38.0 Å². The molecule has 1 amide bonds. The van der Waals surface area contributed by atoms with Crippen molar-refractivity contribution >= 4 is 21.9 Å². The summed E-state index contributed by atoms with van der Waals surface area (Å²) in [5.74, 6) is -1.07. The number of esters is 1. The van der Waals surface area contributed by atoms with Crippen LogP contribution in [0.3, 0.4) is 0 Å². The lowest BCUT2D eigenvalue weighted by molar-refractivity contribution is -0.129. The Morgan fingerprint density at radius 1 is 1.24 bits per heavy atom. The summed E-state index contributed by atoms with van der Waals surface area (Å²) in [6.45, 7) is 1.50. The predicted octanol–water partition coefficient (Wildman–Crippen LogP) is 1.54. The molecule has 1 aliphatic carbocycles. The van der Waals surface area contributed by atoms with Crippen LogP contribution in [0, 0.1) is 0 Å². The number of nitrogens with zero attached hydrogens (tertiary/aromatic N) is 1. The van der Waals surface area contributed by atoms with Crippen molar-refractivity contribution in [2.45, 2.75) is 49.6 Å². The smallest absolute Gasteiger partial charge is 0.338 e. The van der Waals surface area contributed by atoms with Gasteiger partial charge in [-0.3, -0.25) is 4.79 Å². The van der Waals surface area contributed by atoms with Crippen molar-refractivity contribution in [1.82, 2.24) is 9.62 Å². The molecule has 0 heterocycles. The van der Waals surface area contributed by atoms with E-state index in [0.29, 0.717) is 0 Å². The number of carbonyl (C=O) groups excluding carboxylic acids is 2. The zero-order valence-corrected chi connectivity index (χ0v) is 15.5. The average Bonchev–Trinajstić information content (AvgIpc) is 3.07. The summed E-state index contributed by atoms with van der Waals surface area (Å²) in [6, 6.07) is 5.72. The molecule has 0 bridgehead atoms. The number of nitrogens with one attached hydrogen (secondary N) is 1. The van der Waals surface area contributed by atoms with Crippen molar-refractivity contribution in [3.8, 4) is 0 Å². The third-order valence-electron chi connectivity index (χ3n) is 4.20. The normalized spacial score (nSPS) is 16.6. The summed E-state index contributed by atoms with van der Waals surface area (Å²) in [6.07, 6.45) is 3.12. The number of ether oxygens (including phenoxy) is 1. The zero-order valence-electron chi connectivity index (χ0n) is 14.7. The molecular weight excluding hydrogens is 344 g/mol. The summed E-state index contributed by atoms with van der Waals surface area (Å²) in [5.41, 5.74) is 0.0865. The summed E-state index contributed by atoms with van der Waals surface area (Å²) < 4.78 is 30.5. The van der Waals surface area contributed by atoms with Crippen LogP contribution >= 0.6 is 0 Å². The standard InChI is InChI=1S/C17H24N2O5S/c1-12(16(20)18-14-8-4-5-9-14)24-17(21)13-7-6-10-15(11-13)25(22,23)19(2)3/h6-7,10-12,14H,4-5,8-9H2,1-3H3,(H,18,20). The molecule has 1 atom stereocenters. The molecule has 0 aliphatic heterocycles. The number of carbonyl (C=O) groups is 2. The van der Waals surface area contributed by atoms with Crippen molar-refractivity contribution < 1.29 is 22.7 Å². The van der Waals surface area contributed by atoms with Gasteiger partial charge in [-0.15, -0.1) is 0 Å². The van der Waals surface area contributed by atoms with E-state index in [9.17, 15) is 18.0 Å². The topological polar surface area (TPSA) is 92.8 Å². The highest BCUT2D eigenvalue weighted by Gasteiger charge is 2.24. The summed E-state index contributed by atoms with van der Waals surface area (Å²) in [4.78, 5) is 24.3. The Bertz CT molecular complexity index is 739. The maximum atomic E-state index is 12.2. The molecule has 1 saturated carbocycles. The molecule has 0 saturated heterocycles. The van der Waals surface area contributed by atoms with Gasteiger partial charge in [0.1, 0.15) is 0 Å². The van der Waals surface area contributed by atoms with Gasteiger partial charge in [-0.25, -0.2) is 17.5 Å². The Kier molecular flexibility index (Phi) is 6.18. The first-order valence-corrected chi connectivity index (χ1v) is 9.70. The molecule has 1 fully saturated rings. The van der Waals surface area contributed by atoms with Gasteiger partial charge in [-0.2, -0.15) is 0 Å². The van der Waals surface area contributed by atoms with E-state index in [1.54, 1.807) is 0 Å². The number of rotatable bonds is 6. The molecule has 0 spiro atoms. The molecule has 0 radical (unpaired) electrons. The maximum Gasteiger partial charge on any atom is 0.338 e. The third kappa shape index (κ3) is 4.79. The van der Waals surface area contributed by atoms with Crippen LogP contribution in [0.15, 0.2) is 29.2 Å². The fourth-order valence-electron chi connectivity index (χ4n) is 2.67. The zero-order chi connectivity index (χ0) is 18.6. The second kappa shape index (κ2) is 7.97. The molecule has 25 heavy (non-hydrogen) atoms. The Hall–Kier alpha value is -1.93. The highest BCUT2D eigenvalue weighted by atomic mass is 32.2. The Morgan fingerprint density at radius 3 is 2.48 bits per heavy atom. The van der Waals surface area contributed by atoms with Crippen LogP contribution < -0.4 is 5.32 Å². The summed E-state index contributed by atoms with van der Waals surface area (Å²) in [7, 11) is -0.822. The number of sulfonamides is 1. The highest BCUT2D eigenvalue weighted by Crippen LogP contribution is 2.18. The second-order valence-corrected chi connectivity index (χ2v) is 8.50. The van der Waals surface area contributed by atoms with Crippen molar-refractivity contribution in [1.29, 1.82) is 0 Å². The van der Waals surface area contributed by atoms with E-state index in [1.807, 2.05) is 0 Å². The van der Waals surface area contributed by atoms with Crippen LogP contribution in [-0.2, 0) is 19.6 Å². The minimum atomic E-state index is -3.65. The van der Waals surface area contributed by atoms with Crippen molar-refractivity contribution in [3.63, 3.8) is 0 Å². The first-order valence-electron chi connectivity index (χ1n) is 8.26. The van der Waals surface area contributed by atoms with Crippen LogP contribution in [0.1, 0.15) is 43.0 Å². The molecule has 1 aromatic carbocycles. The van der Waals surface area contributed by atoms with E-state index >= 15 is 0 Å². The molecule has 2 rings (SSSR count). The molecular formula is C17H24N2O5S. The third-order valence-corrected chi connectivity index (χ3v) is 6.01. The molecule has 1 aromatic rings. The molecule has 0 aromatic heterocycles. The number of amides is 1. The molecule has 1 unspecified atom stereocenters. The van der Waals surface area contributed by atoms with E-state index in [0.717, 1.165) is 30.0 Å². The molecule has 8 heteroatoms.